The lowest BCUT2D eigenvalue weighted by atomic mass is 10.1. The number of rotatable bonds is 2. The number of carbonyl (C=O) groups is 1. The second kappa shape index (κ2) is 4.29. The number of hydrogen-bond donors (Lipinski definition) is 1. The van der Waals surface area contributed by atoms with Gasteiger partial charge in [-0.15, -0.1) is 0 Å². The van der Waals surface area contributed by atoms with Crippen LogP contribution in [0.4, 0.5) is 0 Å². The molecule has 0 aliphatic heterocycles. The monoisotopic (exact) mass is 167 g/mol. The molecule has 0 spiro atoms. The predicted octanol–water partition coefficient (Wildman–Crippen LogP) is 1.87. The van der Waals surface area contributed by atoms with Crippen molar-refractivity contribution in [3.63, 3.8) is 0 Å². The van der Waals surface area contributed by atoms with Crippen LogP contribution in [-0.2, 0) is 4.79 Å². The zero-order valence-corrected chi connectivity index (χ0v) is 7.84. The molecule has 0 aromatic carbocycles. The minimum atomic E-state index is 0.0521. The van der Waals surface area contributed by atoms with Crippen molar-refractivity contribution in [3.05, 3.63) is 12.2 Å². The van der Waals surface area contributed by atoms with Crippen molar-refractivity contribution in [2.45, 2.75) is 39.2 Å². The summed E-state index contributed by atoms with van der Waals surface area (Å²) in [5.41, 5.74) is 0. The summed E-state index contributed by atoms with van der Waals surface area (Å²) in [6, 6.07) is 0.411. The third-order valence-corrected chi connectivity index (χ3v) is 2.51. The molecule has 0 saturated heterocycles. The molecular weight excluding hydrogens is 150 g/mol. The molecule has 2 heteroatoms. The highest BCUT2D eigenvalue weighted by Gasteiger charge is 2.23. The van der Waals surface area contributed by atoms with Crippen molar-refractivity contribution >= 4 is 5.91 Å². The van der Waals surface area contributed by atoms with Crippen LogP contribution in [-0.4, -0.2) is 11.9 Å². The maximum absolute atomic E-state index is 11.1. The van der Waals surface area contributed by atoms with Crippen LogP contribution in [0.25, 0.3) is 0 Å². The topological polar surface area (TPSA) is 29.1 Å². The standard InChI is InChI=1S/C10H17NO/c1-3-5-10(12)11-9-7-4-6-8(9)2/h3,5,8-9H,4,6-7H2,1-2H3,(H,11,12). The first-order valence-corrected chi connectivity index (χ1v) is 4.67. The van der Waals surface area contributed by atoms with Gasteiger partial charge in [0.2, 0.25) is 5.91 Å². The Morgan fingerprint density at radius 1 is 1.50 bits per heavy atom. The van der Waals surface area contributed by atoms with Crippen molar-refractivity contribution in [2.75, 3.05) is 0 Å². The molecule has 12 heavy (non-hydrogen) atoms. The SMILES string of the molecule is CC=CC(=O)NC1CCCC1C. The van der Waals surface area contributed by atoms with Gasteiger partial charge in [0.25, 0.3) is 0 Å². The lowest BCUT2D eigenvalue weighted by Crippen LogP contribution is -2.35. The van der Waals surface area contributed by atoms with Crippen LogP contribution in [0.15, 0.2) is 12.2 Å². The van der Waals surface area contributed by atoms with Gasteiger partial charge in [-0.2, -0.15) is 0 Å². The Morgan fingerprint density at radius 2 is 2.25 bits per heavy atom. The maximum atomic E-state index is 11.1. The zero-order chi connectivity index (χ0) is 8.97. The van der Waals surface area contributed by atoms with E-state index in [0.29, 0.717) is 12.0 Å². The second-order valence-corrected chi connectivity index (χ2v) is 3.52. The number of amides is 1. The molecule has 0 heterocycles. The summed E-state index contributed by atoms with van der Waals surface area (Å²) < 4.78 is 0. The zero-order valence-electron chi connectivity index (χ0n) is 7.84. The largest absolute Gasteiger partial charge is 0.350 e. The van der Waals surface area contributed by atoms with Gasteiger partial charge < -0.3 is 5.32 Å². The van der Waals surface area contributed by atoms with E-state index >= 15 is 0 Å². The van der Waals surface area contributed by atoms with E-state index in [1.165, 1.54) is 12.8 Å². The first kappa shape index (κ1) is 9.30. The van der Waals surface area contributed by atoms with Gasteiger partial charge in [-0.3, -0.25) is 4.79 Å². The first-order chi connectivity index (χ1) is 5.74. The van der Waals surface area contributed by atoms with Gasteiger partial charge in [0.1, 0.15) is 0 Å². The average molecular weight is 167 g/mol. The van der Waals surface area contributed by atoms with Crippen LogP contribution in [0.3, 0.4) is 0 Å². The van der Waals surface area contributed by atoms with Crippen LogP contribution in [0, 0.1) is 5.92 Å². The Hall–Kier alpha value is -0.790. The molecule has 0 bridgehead atoms. The van der Waals surface area contributed by atoms with E-state index in [9.17, 15) is 4.79 Å². The highest BCUT2D eigenvalue weighted by Crippen LogP contribution is 2.24. The van der Waals surface area contributed by atoms with Gasteiger partial charge >= 0.3 is 0 Å². The van der Waals surface area contributed by atoms with E-state index in [2.05, 4.69) is 12.2 Å². The van der Waals surface area contributed by atoms with Crippen LogP contribution >= 0.6 is 0 Å². The molecule has 1 N–H and O–H groups in total. The van der Waals surface area contributed by atoms with Crippen molar-refractivity contribution < 1.29 is 4.79 Å². The molecule has 68 valence electrons. The summed E-state index contributed by atoms with van der Waals surface area (Å²) in [7, 11) is 0. The molecule has 1 fully saturated rings. The second-order valence-electron chi connectivity index (χ2n) is 3.52. The number of allylic oxidation sites excluding steroid dienone is 1. The molecule has 2 nitrogen and oxygen atoms in total. The number of carbonyl (C=O) groups excluding carboxylic acids is 1. The summed E-state index contributed by atoms with van der Waals surface area (Å²) in [4.78, 5) is 11.1. The molecule has 1 amide bonds. The van der Waals surface area contributed by atoms with Gasteiger partial charge in [-0.25, -0.2) is 0 Å². The van der Waals surface area contributed by atoms with Gasteiger partial charge in [0, 0.05) is 6.04 Å². The summed E-state index contributed by atoms with van der Waals surface area (Å²) in [6.07, 6.45) is 7.01. The highest BCUT2D eigenvalue weighted by molar-refractivity contribution is 5.87. The van der Waals surface area contributed by atoms with E-state index in [0.717, 1.165) is 6.42 Å². The van der Waals surface area contributed by atoms with Gasteiger partial charge in [-0.1, -0.05) is 19.4 Å². The van der Waals surface area contributed by atoms with Crippen molar-refractivity contribution in [3.8, 4) is 0 Å². The smallest absolute Gasteiger partial charge is 0.243 e. The minimum Gasteiger partial charge on any atom is -0.350 e. The number of hydrogen-bond acceptors (Lipinski definition) is 1. The fourth-order valence-electron chi connectivity index (χ4n) is 1.74. The molecule has 1 rings (SSSR count). The maximum Gasteiger partial charge on any atom is 0.243 e. The molecule has 1 aliphatic rings. The van der Waals surface area contributed by atoms with Gasteiger partial charge in [0.05, 0.1) is 0 Å². The van der Waals surface area contributed by atoms with E-state index in [1.807, 2.05) is 6.92 Å². The third-order valence-electron chi connectivity index (χ3n) is 2.51. The molecule has 1 saturated carbocycles. The summed E-state index contributed by atoms with van der Waals surface area (Å²) in [5.74, 6) is 0.704. The lowest BCUT2D eigenvalue weighted by molar-refractivity contribution is -0.117. The molecule has 0 aromatic heterocycles. The Labute approximate surface area is 74.0 Å². The molecule has 2 atom stereocenters. The molecule has 0 aromatic rings. The third kappa shape index (κ3) is 2.36. The van der Waals surface area contributed by atoms with Crippen LogP contribution < -0.4 is 5.32 Å². The minimum absolute atomic E-state index is 0.0521. The summed E-state index contributed by atoms with van der Waals surface area (Å²) in [5, 5.41) is 3.00. The molecule has 2 unspecified atom stereocenters. The van der Waals surface area contributed by atoms with E-state index in [1.54, 1.807) is 12.2 Å². The van der Waals surface area contributed by atoms with Crippen LogP contribution in [0.1, 0.15) is 33.1 Å². The number of nitrogens with one attached hydrogen (secondary N) is 1. The Bertz CT molecular complexity index is 186. The highest BCUT2D eigenvalue weighted by atomic mass is 16.1. The van der Waals surface area contributed by atoms with Crippen molar-refractivity contribution in [1.82, 2.24) is 5.32 Å². The summed E-state index contributed by atoms with van der Waals surface area (Å²) in [6.45, 7) is 4.06. The fraction of sp³-hybridized carbons (Fsp3) is 0.700. The van der Waals surface area contributed by atoms with Gasteiger partial charge in [0.15, 0.2) is 0 Å². The quantitative estimate of drug-likeness (QED) is 0.625. The average Bonchev–Trinajstić information content (AvgIpc) is 2.37. The van der Waals surface area contributed by atoms with E-state index < -0.39 is 0 Å². The van der Waals surface area contributed by atoms with Crippen molar-refractivity contribution in [2.24, 2.45) is 5.92 Å². The lowest BCUT2D eigenvalue weighted by Gasteiger charge is -2.15. The first-order valence-electron chi connectivity index (χ1n) is 4.67. The van der Waals surface area contributed by atoms with Gasteiger partial charge in [-0.05, 0) is 31.8 Å². The Kier molecular flexibility index (Phi) is 3.32. The van der Waals surface area contributed by atoms with Crippen molar-refractivity contribution in [1.29, 1.82) is 0 Å². The fourth-order valence-corrected chi connectivity index (χ4v) is 1.74. The van der Waals surface area contributed by atoms with Crippen LogP contribution in [0.5, 0.6) is 0 Å². The predicted molar refractivity (Wildman–Crippen MR) is 49.8 cm³/mol. The van der Waals surface area contributed by atoms with E-state index in [-0.39, 0.29) is 5.91 Å². The molecule has 1 aliphatic carbocycles. The normalized spacial score (nSPS) is 29.5. The van der Waals surface area contributed by atoms with Crippen LogP contribution in [0.2, 0.25) is 0 Å². The molecular formula is C10H17NO. The summed E-state index contributed by atoms with van der Waals surface area (Å²) >= 11 is 0. The van der Waals surface area contributed by atoms with E-state index in [4.69, 9.17) is 0 Å². The Balaban J connectivity index is 2.35. The Morgan fingerprint density at radius 3 is 2.75 bits per heavy atom. The molecule has 0 radical (unpaired) electrons.